The lowest BCUT2D eigenvalue weighted by atomic mass is 9.95. The number of hydrogen-bond acceptors (Lipinski definition) is 6. The molecule has 0 bridgehead atoms. The molecule has 2 aliphatic rings. The molecule has 0 saturated carbocycles. The third kappa shape index (κ3) is 4.15. The fourth-order valence-corrected chi connectivity index (χ4v) is 4.20. The van der Waals surface area contributed by atoms with E-state index in [1.54, 1.807) is 0 Å². The van der Waals surface area contributed by atoms with Crippen LogP contribution in [0.3, 0.4) is 0 Å². The van der Waals surface area contributed by atoms with Gasteiger partial charge in [-0.1, -0.05) is 50.6 Å². The van der Waals surface area contributed by atoms with Crippen LogP contribution < -0.4 is 0 Å². The van der Waals surface area contributed by atoms with Crippen molar-refractivity contribution >= 4 is 12.0 Å². The van der Waals surface area contributed by atoms with E-state index in [0.29, 0.717) is 31.4 Å². The Kier molecular flexibility index (Phi) is 5.96. The zero-order valence-corrected chi connectivity index (χ0v) is 17.5. The molecule has 2 unspecified atom stereocenters. The van der Waals surface area contributed by atoms with Crippen molar-refractivity contribution in [1.29, 1.82) is 0 Å². The van der Waals surface area contributed by atoms with E-state index in [2.05, 4.69) is 29.3 Å². The highest BCUT2D eigenvalue weighted by Gasteiger charge is 2.41. The van der Waals surface area contributed by atoms with Gasteiger partial charge in [-0.2, -0.15) is 4.80 Å². The molecule has 2 amide bonds. The van der Waals surface area contributed by atoms with Gasteiger partial charge in [-0.3, -0.25) is 9.69 Å². The van der Waals surface area contributed by atoms with Crippen LogP contribution in [-0.2, 0) is 16.1 Å². The van der Waals surface area contributed by atoms with Crippen LogP contribution in [0, 0.1) is 5.92 Å². The quantitative estimate of drug-likeness (QED) is 0.722. The standard InChI is InChI=1S/C21H28N6O3/c1-3-15(2)18-14-30-21(29)27(18)17-9-11-25(12-10-17)19(28)13-26-23-20(22-24-26)16-7-5-4-6-8-16/h4-8,15,17-18H,3,9-14H2,1-2H3. The summed E-state index contributed by atoms with van der Waals surface area (Å²) in [6, 6.07) is 9.81. The zero-order valence-electron chi connectivity index (χ0n) is 17.5. The molecule has 30 heavy (non-hydrogen) atoms. The molecule has 0 spiro atoms. The number of aromatic nitrogens is 4. The lowest BCUT2D eigenvalue weighted by Gasteiger charge is -2.39. The number of amides is 2. The molecule has 3 heterocycles. The van der Waals surface area contributed by atoms with Gasteiger partial charge < -0.3 is 9.64 Å². The number of carbonyl (C=O) groups is 2. The van der Waals surface area contributed by atoms with E-state index in [4.69, 9.17) is 4.74 Å². The van der Waals surface area contributed by atoms with Gasteiger partial charge in [0.05, 0.1) is 6.04 Å². The second-order valence-electron chi connectivity index (χ2n) is 8.06. The van der Waals surface area contributed by atoms with Gasteiger partial charge in [0.25, 0.3) is 0 Å². The number of cyclic esters (lactones) is 1. The Morgan fingerprint density at radius 2 is 1.97 bits per heavy atom. The molecule has 2 atom stereocenters. The van der Waals surface area contributed by atoms with Crippen molar-refractivity contribution in [3.05, 3.63) is 30.3 Å². The second-order valence-corrected chi connectivity index (χ2v) is 8.06. The van der Waals surface area contributed by atoms with Crippen LogP contribution in [0.25, 0.3) is 11.4 Å². The monoisotopic (exact) mass is 412 g/mol. The van der Waals surface area contributed by atoms with Gasteiger partial charge in [0.15, 0.2) is 0 Å². The molecule has 2 saturated heterocycles. The van der Waals surface area contributed by atoms with E-state index in [9.17, 15) is 9.59 Å². The van der Waals surface area contributed by atoms with Crippen molar-refractivity contribution in [2.45, 2.75) is 51.7 Å². The van der Waals surface area contributed by atoms with Crippen molar-refractivity contribution < 1.29 is 14.3 Å². The molecule has 0 radical (unpaired) electrons. The zero-order chi connectivity index (χ0) is 21.1. The predicted octanol–water partition coefficient (Wildman–Crippen LogP) is 2.20. The number of tetrazole rings is 1. The van der Waals surface area contributed by atoms with Crippen molar-refractivity contribution in [3.63, 3.8) is 0 Å². The number of hydrogen-bond donors (Lipinski definition) is 0. The van der Waals surface area contributed by atoms with Gasteiger partial charge in [0.2, 0.25) is 11.7 Å². The van der Waals surface area contributed by atoms with Crippen LogP contribution in [-0.4, -0.2) is 73.8 Å². The van der Waals surface area contributed by atoms with Gasteiger partial charge >= 0.3 is 6.09 Å². The van der Waals surface area contributed by atoms with E-state index in [1.807, 2.05) is 40.1 Å². The smallest absolute Gasteiger partial charge is 0.410 e. The maximum Gasteiger partial charge on any atom is 0.410 e. The summed E-state index contributed by atoms with van der Waals surface area (Å²) in [6.45, 7) is 6.04. The minimum absolute atomic E-state index is 0.0343. The number of likely N-dealkylation sites (tertiary alicyclic amines) is 1. The Morgan fingerprint density at radius 1 is 1.23 bits per heavy atom. The summed E-state index contributed by atoms with van der Waals surface area (Å²) in [5.41, 5.74) is 0.866. The molecule has 4 rings (SSSR count). The number of ether oxygens (including phenoxy) is 1. The van der Waals surface area contributed by atoms with Crippen LogP contribution >= 0.6 is 0 Å². The minimum Gasteiger partial charge on any atom is -0.447 e. The summed E-state index contributed by atoms with van der Waals surface area (Å²) in [5, 5.41) is 12.4. The largest absolute Gasteiger partial charge is 0.447 e. The molecule has 160 valence electrons. The average Bonchev–Trinajstić information content (AvgIpc) is 3.40. The first-order valence-corrected chi connectivity index (χ1v) is 10.6. The topological polar surface area (TPSA) is 93.5 Å². The van der Waals surface area contributed by atoms with E-state index in [-0.39, 0.29) is 30.6 Å². The minimum atomic E-state index is -0.217. The molecule has 1 aromatic heterocycles. The lowest BCUT2D eigenvalue weighted by Crippen LogP contribution is -2.51. The first kappa shape index (κ1) is 20.3. The maximum absolute atomic E-state index is 12.7. The maximum atomic E-state index is 12.7. The average molecular weight is 412 g/mol. The number of piperidine rings is 1. The van der Waals surface area contributed by atoms with E-state index in [0.717, 1.165) is 24.8 Å². The van der Waals surface area contributed by atoms with Gasteiger partial charge in [0, 0.05) is 24.7 Å². The molecule has 0 aliphatic carbocycles. The Balaban J connectivity index is 1.33. The lowest BCUT2D eigenvalue weighted by molar-refractivity contribution is -0.133. The summed E-state index contributed by atoms with van der Waals surface area (Å²) in [6.07, 6.45) is 2.30. The molecular weight excluding hydrogens is 384 g/mol. The molecule has 1 aromatic carbocycles. The predicted molar refractivity (Wildman–Crippen MR) is 109 cm³/mol. The van der Waals surface area contributed by atoms with Crippen LogP contribution in [0.2, 0.25) is 0 Å². The van der Waals surface area contributed by atoms with Crippen molar-refractivity contribution in [2.75, 3.05) is 19.7 Å². The summed E-state index contributed by atoms with van der Waals surface area (Å²) in [7, 11) is 0. The van der Waals surface area contributed by atoms with Gasteiger partial charge in [-0.25, -0.2) is 4.79 Å². The van der Waals surface area contributed by atoms with E-state index >= 15 is 0 Å². The Hall–Kier alpha value is -2.97. The summed E-state index contributed by atoms with van der Waals surface area (Å²) in [4.78, 5) is 30.1. The van der Waals surface area contributed by atoms with Gasteiger partial charge in [-0.15, -0.1) is 10.2 Å². The van der Waals surface area contributed by atoms with Crippen LogP contribution in [0.1, 0.15) is 33.1 Å². The summed E-state index contributed by atoms with van der Waals surface area (Å²) >= 11 is 0. The Morgan fingerprint density at radius 3 is 2.67 bits per heavy atom. The molecule has 9 nitrogen and oxygen atoms in total. The first-order valence-electron chi connectivity index (χ1n) is 10.6. The van der Waals surface area contributed by atoms with Crippen molar-refractivity contribution in [2.24, 2.45) is 5.92 Å². The SMILES string of the molecule is CCC(C)C1COC(=O)N1C1CCN(C(=O)Cn2nnc(-c3ccccc3)n2)CC1. The van der Waals surface area contributed by atoms with Crippen LogP contribution in [0.5, 0.6) is 0 Å². The highest BCUT2D eigenvalue weighted by Crippen LogP contribution is 2.28. The number of carbonyl (C=O) groups excluding carboxylic acids is 2. The third-order valence-corrected chi connectivity index (χ3v) is 6.22. The Labute approximate surface area is 176 Å². The molecule has 2 fully saturated rings. The van der Waals surface area contributed by atoms with Crippen molar-refractivity contribution in [3.8, 4) is 11.4 Å². The molecule has 2 aromatic rings. The van der Waals surface area contributed by atoms with Crippen LogP contribution in [0.15, 0.2) is 30.3 Å². The Bertz CT molecular complexity index is 878. The number of rotatable bonds is 6. The summed E-state index contributed by atoms with van der Waals surface area (Å²) < 4.78 is 5.33. The number of nitrogens with zero attached hydrogens (tertiary/aromatic N) is 6. The third-order valence-electron chi connectivity index (χ3n) is 6.22. The molecule has 9 heteroatoms. The van der Waals surface area contributed by atoms with Crippen molar-refractivity contribution in [1.82, 2.24) is 30.0 Å². The summed E-state index contributed by atoms with van der Waals surface area (Å²) in [5.74, 6) is 0.868. The number of benzene rings is 1. The van der Waals surface area contributed by atoms with Gasteiger partial charge in [-0.05, 0) is 24.0 Å². The molecule has 2 aliphatic heterocycles. The van der Waals surface area contributed by atoms with E-state index in [1.165, 1.54) is 4.80 Å². The fourth-order valence-electron chi connectivity index (χ4n) is 4.20. The molecule has 0 N–H and O–H groups in total. The first-order chi connectivity index (χ1) is 14.6. The highest BCUT2D eigenvalue weighted by molar-refractivity contribution is 5.76. The van der Waals surface area contributed by atoms with Crippen LogP contribution in [0.4, 0.5) is 4.79 Å². The van der Waals surface area contributed by atoms with Gasteiger partial charge in [0.1, 0.15) is 13.2 Å². The second kappa shape index (κ2) is 8.81. The highest BCUT2D eigenvalue weighted by atomic mass is 16.6. The normalized spacial score (nSPS) is 21.0. The fraction of sp³-hybridized carbons (Fsp3) is 0.571. The van der Waals surface area contributed by atoms with E-state index < -0.39 is 0 Å². The molecular formula is C21H28N6O3.